The van der Waals surface area contributed by atoms with Gasteiger partial charge in [0, 0.05) is 16.9 Å². The van der Waals surface area contributed by atoms with Gasteiger partial charge < -0.3 is 14.9 Å². The van der Waals surface area contributed by atoms with Gasteiger partial charge in [-0.1, -0.05) is 31.6 Å². The Morgan fingerprint density at radius 3 is 2.52 bits per heavy atom. The fraction of sp³-hybridized carbons (Fsp3) is 0.769. The van der Waals surface area contributed by atoms with Crippen molar-refractivity contribution in [1.29, 1.82) is 0 Å². The topological polar surface area (TPSA) is 83.8 Å². The predicted octanol–water partition coefficient (Wildman–Crippen LogP) is 4.12. The van der Waals surface area contributed by atoms with E-state index >= 15 is 0 Å². The monoisotopic (exact) mass is 430 g/mol. The SMILES string of the molecule is CC=C(C)C(=O)OC1CC2C(CC=C3CC(O)CCC32C)C2(O)CCC(C(C)=O)C12C. The lowest BCUT2D eigenvalue weighted by Crippen LogP contribution is -2.66. The molecule has 0 amide bonds. The Balaban J connectivity index is 1.79. The molecule has 172 valence electrons. The quantitative estimate of drug-likeness (QED) is 0.400. The molecule has 0 aromatic rings. The number of carbonyl (C=O) groups is 2. The van der Waals surface area contributed by atoms with Gasteiger partial charge in [-0.15, -0.1) is 0 Å². The van der Waals surface area contributed by atoms with Crippen LogP contribution in [0.5, 0.6) is 0 Å². The number of allylic oxidation sites excluding steroid dienone is 2. The molecule has 0 bridgehead atoms. The molecular formula is C26H38O5. The van der Waals surface area contributed by atoms with Gasteiger partial charge in [0.2, 0.25) is 0 Å². The summed E-state index contributed by atoms with van der Waals surface area (Å²) in [7, 11) is 0. The largest absolute Gasteiger partial charge is 0.458 e. The van der Waals surface area contributed by atoms with E-state index in [9.17, 15) is 19.8 Å². The van der Waals surface area contributed by atoms with Crippen LogP contribution in [0, 0.1) is 28.6 Å². The minimum atomic E-state index is -1.05. The van der Waals surface area contributed by atoms with Crippen molar-refractivity contribution in [2.75, 3.05) is 0 Å². The second-order valence-electron chi connectivity index (χ2n) is 11.0. The molecule has 4 aliphatic rings. The lowest BCUT2D eigenvalue weighted by molar-refractivity contribution is -0.232. The van der Waals surface area contributed by atoms with E-state index < -0.39 is 17.1 Å². The number of aliphatic hydroxyl groups is 2. The summed E-state index contributed by atoms with van der Waals surface area (Å²) in [5, 5.41) is 22.5. The van der Waals surface area contributed by atoms with Gasteiger partial charge in [-0.25, -0.2) is 4.79 Å². The molecule has 2 N–H and O–H groups in total. The van der Waals surface area contributed by atoms with Gasteiger partial charge in [0.05, 0.1) is 11.7 Å². The molecule has 5 nitrogen and oxygen atoms in total. The average Bonchev–Trinajstić information content (AvgIpc) is 3.01. The van der Waals surface area contributed by atoms with Gasteiger partial charge in [0.1, 0.15) is 11.9 Å². The Labute approximate surface area is 185 Å². The molecule has 5 heteroatoms. The Bertz CT molecular complexity index is 843. The van der Waals surface area contributed by atoms with Crippen LogP contribution >= 0.6 is 0 Å². The molecule has 4 rings (SSSR count). The maximum absolute atomic E-state index is 12.8. The third-order valence-electron chi connectivity index (χ3n) is 9.82. The van der Waals surface area contributed by atoms with E-state index in [1.165, 1.54) is 5.57 Å². The molecule has 8 atom stereocenters. The second-order valence-corrected chi connectivity index (χ2v) is 11.0. The number of Topliss-reactive ketones (excluding diaryl/α,β-unsaturated/α-hetero) is 1. The number of ether oxygens (including phenoxy) is 1. The highest BCUT2D eigenvalue weighted by Crippen LogP contribution is 2.68. The van der Waals surface area contributed by atoms with E-state index in [1.807, 2.05) is 13.8 Å². The molecule has 0 radical (unpaired) electrons. The van der Waals surface area contributed by atoms with Crippen molar-refractivity contribution in [2.24, 2.45) is 28.6 Å². The smallest absolute Gasteiger partial charge is 0.333 e. The van der Waals surface area contributed by atoms with E-state index in [4.69, 9.17) is 4.74 Å². The summed E-state index contributed by atoms with van der Waals surface area (Å²) in [6, 6.07) is 0. The molecule has 3 fully saturated rings. The number of rotatable bonds is 3. The maximum Gasteiger partial charge on any atom is 0.333 e. The first-order valence-corrected chi connectivity index (χ1v) is 11.9. The van der Waals surface area contributed by atoms with Crippen LogP contribution in [0.3, 0.4) is 0 Å². The lowest BCUT2D eigenvalue weighted by atomic mass is 9.45. The number of esters is 1. The summed E-state index contributed by atoms with van der Waals surface area (Å²) in [5.41, 5.74) is -0.131. The first-order valence-electron chi connectivity index (χ1n) is 11.9. The van der Waals surface area contributed by atoms with E-state index in [1.54, 1.807) is 19.9 Å². The molecule has 8 unspecified atom stereocenters. The number of hydrogen-bond donors (Lipinski definition) is 2. The third kappa shape index (κ3) is 3.10. The molecule has 0 heterocycles. The molecule has 0 spiro atoms. The van der Waals surface area contributed by atoms with Crippen LogP contribution in [-0.4, -0.2) is 39.8 Å². The van der Waals surface area contributed by atoms with Crippen molar-refractivity contribution in [2.45, 2.75) is 97.4 Å². The molecule has 3 saturated carbocycles. The van der Waals surface area contributed by atoms with Gasteiger partial charge in [-0.2, -0.15) is 0 Å². The highest BCUT2D eigenvalue weighted by atomic mass is 16.5. The maximum atomic E-state index is 12.8. The number of carbonyl (C=O) groups excluding carboxylic acids is 2. The standard InChI is InChI=1S/C26H38O5/c1-6-15(2)23(29)31-22-14-21-20(8-7-17-13-18(28)9-11-24(17,21)4)26(30)12-10-19(16(3)27)25(22,26)5/h6-7,18-22,28,30H,8-14H2,1-5H3. The second kappa shape index (κ2) is 7.55. The number of aliphatic hydroxyl groups excluding tert-OH is 1. The van der Waals surface area contributed by atoms with Crippen molar-refractivity contribution in [3.63, 3.8) is 0 Å². The first kappa shape index (κ1) is 22.7. The highest BCUT2D eigenvalue weighted by Gasteiger charge is 2.71. The summed E-state index contributed by atoms with van der Waals surface area (Å²) in [6.07, 6.45) is 8.10. The van der Waals surface area contributed by atoms with Crippen LogP contribution in [0.4, 0.5) is 0 Å². The Morgan fingerprint density at radius 1 is 1.16 bits per heavy atom. The van der Waals surface area contributed by atoms with Crippen LogP contribution in [0.2, 0.25) is 0 Å². The molecule has 4 aliphatic carbocycles. The zero-order valence-corrected chi connectivity index (χ0v) is 19.6. The zero-order chi connectivity index (χ0) is 22.8. The summed E-state index contributed by atoms with van der Waals surface area (Å²) in [5.74, 6) is -0.413. The minimum absolute atomic E-state index is 0.0311. The van der Waals surface area contributed by atoms with Gasteiger partial charge in [-0.3, -0.25) is 4.79 Å². The van der Waals surface area contributed by atoms with Crippen molar-refractivity contribution in [3.8, 4) is 0 Å². The third-order valence-corrected chi connectivity index (χ3v) is 9.82. The summed E-state index contributed by atoms with van der Waals surface area (Å²) in [4.78, 5) is 25.5. The normalized spacial score (nSPS) is 47.0. The fourth-order valence-electron chi connectivity index (χ4n) is 7.72. The summed E-state index contributed by atoms with van der Waals surface area (Å²) in [6.45, 7) is 9.40. The van der Waals surface area contributed by atoms with E-state index in [0.717, 1.165) is 19.3 Å². The van der Waals surface area contributed by atoms with Gasteiger partial charge in [0.25, 0.3) is 0 Å². The van der Waals surface area contributed by atoms with Crippen molar-refractivity contribution in [1.82, 2.24) is 0 Å². The van der Waals surface area contributed by atoms with Crippen molar-refractivity contribution < 1.29 is 24.5 Å². The zero-order valence-electron chi connectivity index (χ0n) is 19.6. The van der Waals surface area contributed by atoms with Crippen molar-refractivity contribution >= 4 is 11.8 Å². The number of hydrogen-bond acceptors (Lipinski definition) is 5. The minimum Gasteiger partial charge on any atom is -0.458 e. The molecule has 31 heavy (non-hydrogen) atoms. The molecule has 0 saturated heterocycles. The number of fused-ring (bicyclic) bond motifs is 5. The van der Waals surface area contributed by atoms with Crippen LogP contribution in [0.25, 0.3) is 0 Å². The Kier molecular flexibility index (Phi) is 5.54. The lowest BCUT2D eigenvalue weighted by Gasteiger charge is -2.62. The van der Waals surface area contributed by atoms with Crippen LogP contribution in [0.15, 0.2) is 23.3 Å². The van der Waals surface area contributed by atoms with Crippen molar-refractivity contribution in [3.05, 3.63) is 23.3 Å². The van der Waals surface area contributed by atoms with E-state index in [0.29, 0.717) is 31.3 Å². The molecular weight excluding hydrogens is 392 g/mol. The Hall–Kier alpha value is -1.46. The van der Waals surface area contributed by atoms with Crippen LogP contribution in [0.1, 0.15) is 79.6 Å². The first-order chi connectivity index (χ1) is 14.5. The Morgan fingerprint density at radius 2 is 1.87 bits per heavy atom. The predicted molar refractivity (Wildman–Crippen MR) is 118 cm³/mol. The number of ketones is 1. The van der Waals surface area contributed by atoms with Crippen LogP contribution < -0.4 is 0 Å². The molecule has 0 aromatic carbocycles. The van der Waals surface area contributed by atoms with E-state index in [2.05, 4.69) is 13.0 Å². The highest BCUT2D eigenvalue weighted by molar-refractivity contribution is 5.88. The summed E-state index contributed by atoms with van der Waals surface area (Å²) < 4.78 is 6.11. The summed E-state index contributed by atoms with van der Waals surface area (Å²) >= 11 is 0. The van der Waals surface area contributed by atoms with Gasteiger partial charge >= 0.3 is 5.97 Å². The average molecular weight is 431 g/mol. The fourth-order valence-corrected chi connectivity index (χ4v) is 7.72. The molecule has 0 aliphatic heterocycles. The molecule has 0 aromatic heterocycles. The van der Waals surface area contributed by atoms with Gasteiger partial charge in [0.15, 0.2) is 0 Å². The van der Waals surface area contributed by atoms with Gasteiger partial charge in [-0.05, 0) is 83.0 Å². The van der Waals surface area contributed by atoms with E-state index in [-0.39, 0.29) is 41.0 Å². The van der Waals surface area contributed by atoms with Crippen LogP contribution in [-0.2, 0) is 14.3 Å².